The predicted molar refractivity (Wildman–Crippen MR) is 86.5 cm³/mol. The third kappa shape index (κ3) is 4.25. The van der Waals surface area contributed by atoms with E-state index in [9.17, 15) is 0 Å². The fourth-order valence-electron chi connectivity index (χ4n) is 2.64. The van der Waals surface area contributed by atoms with Gasteiger partial charge in [-0.1, -0.05) is 6.92 Å². The Morgan fingerprint density at radius 1 is 1.35 bits per heavy atom. The van der Waals surface area contributed by atoms with Gasteiger partial charge in [0, 0.05) is 43.5 Å². The summed E-state index contributed by atoms with van der Waals surface area (Å²) in [4.78, 5) is 11.1. The zero-order valence-electron chi connectivity index (χ0n) is 13.3. The van der Waals surface area contributed by atoms with Crippen molar-refractivity contribution >= 4 is 11.3 Å². The average molecular weight is 296 g/mol. The molecule has 0 aromatic carbocycles. The summed E-state index contributed by atoms with van der Waals surface area (Å²) in [7, 11) is 4.45. The Morgan fingerprint density at radius 3 is 2.90 bits per heavy atom. The largest absolute Gasteiger partial charge is 0.312 e. The van der Waals surface area contributed by atoms with Crippen molar-refractivity contribution in [1.29, 1.82) is 0 Å². The van der Waals surface area contributed by atoms with Crippen molar-refractivity contribution in [3.63, 3.8) is 0 Å². The van der Waals surface area contributed by atoms with Gasteiger partial charge in [0.2, 0.25) is 0 Å². The molecule has 20 heavy (non-hydrogen) atoms. The fraction of sp³-hybridized carbons (Fsp3) is 0.800. The highest BCUT2D eigenvalue weighted by Crippen LogP contribution is 2.21. The van der Waals surface area contributed by atoms with Gasteiger partial charge in [0.15, 0.2) is 0 Å². The molecule has 1 fully saturated rings. The maximum Gasteiger partial charge on any atom is 0.0947 e. The van der Waals surface area contributed by atoms with Crippen LogP contribution in [0.5, 0.6) is 0 Å². The minimum absolute atomic E-state index is 0.607. The molecule has 4 nitrogen and oxygen atoms in total. The summed E-state index contributed by atoms with van der Waals surface area (Å²) in [5, 5.41) is 4.77. The van der Waals surface area contributed by atoms with Gasteiger partial charge in [-0.05, 0) is 34.0 Å². The molecule has 0 radical (unpaired) electrons. The number of likely N-dealkylation sites (N-methyl/N-ethyl adjacent to an activating group) is 2. The topological polar surface area (TPSA) is 31.4 Å². The lowest BCUT2D eigenvalue weighted by molar-refractivity contribution is 0.114. The van der Waals surface area contributed by atoms with Gasteiger partial charge in [-0.2, -0.15) is 0 Å². The van der Waals surface area contributed by atoms with E-state index in [0.29, 0.717) is 6.04 Å². The summed E-state index contributed by atoms with van der Waals surface area (Å²) in [6.45, 7) is 9.89. The van der Waals surface area contributed by atoms with Crippen molar-refractivity contribution in [2.24, 2.45) is 0 Å². The number of piperazine rings is 1. The van der Waals surface area contributed by atoms with Crippen LogP contribution in [0.3, 0.4) is 0 Å². The fourth-order valence-corrected chi connectivity index (χ4v) is 3.75. The van der Waals surface area contributed by atoms with E-state index in [1.807, 2.05) is 11.3 Å². The van der Waals surface area contributed by atoms with Crippen LogP contribution in [0.4, 0.5) is 0 Å². The number of aromatic nitrogens is 1. The molecule has 0 bridgehead atoms. The van der Waals surface area contributed by atoms with E-state index in [-0.39, 0.29) is 0 Å². The molecular weight excluding hydrogens is 268 g/mol. The van der Waals surface area contributed by atoms with Gasteiger partial charge in [-0.3, -0.25) is 0 Å². The molecule has 1 aromatic heterocycles. The second-order valence-electron chi connectivity index (χ2n) is 5.89. The van der Waals surface area contributed by atoms with E-state index in [4.69, 9.17) is 4.98 Å². The lowest BCUT2D eigenvalue weighted by atomic mass is 10.1. The van der Waals surface area contributed by atoms with E-state index >= 15 is 0 Å². The highest BCUT2D eigenvalue weighted by Gasteiger charge is 2.23. The van der Waals surface area contributed by atoms with Crippen LogP contribution in [0.25, 0.3) is 0 Å². The van der Waals surface area contributed by atoms with E-state index in [1.165, 1.54) is 28.5 Å². The zero-order valence-corrected chi connectivity index (χ0v) is 14.1. The van der Waals surface area contributed by atoms with E-state index < -0.39 is 0 Å². The normalized spacial score (nSPS) is 21.5. The molecule has 114 valence electrons. The maximum atomic E-state index is 4.78. The first kappa shape index (κ1) is 15.9. The van der Waals surface area contributed by atoms with Crippen LogP contribution in [0.1, 0.15) is 28.9 Å². The predicted octanol–water partition coefficient (Wildman–Crippen LogP) is 1.74. The van der Waals surface area contributed by atoms with Crippen LogP contribution in [0, 0.1) is 6.92 Å². The van der Waals surface area contributed by atoms with E-state index in [2.05, 4.69) is 43.1 Å². The van der Waals surface area contributed by atoms with Gasteiger partial charge in [-0.15, -0.1) is 11.3 Å². The minimum Gasteiger partial charge on any atom is -0.312 e. The molecule has 0 amide bonds. The highest BCUT2D eigenvalue weighted by atomic mass is 32.1. The second kappa shape index (κ2) is 7.50. The number of rotatable bonds is 6. The number of thiazole rings is 1. The van der Waals surface area contributed by atoms with Crippen LogP contribution >= 0.6 is 11.3 Å². The van der Waals surface area contributed by atoms with E-state index in [0.717, 1.165) is 32.6 Å². The molecule has 1 unspecified atom stereocenters. The molecule has 1 saturated heterocycles. The van der Waals surface area contributed by atoms with Gasteiger partial charge < -0.3 is 15.1 Å². The average Bonchev–Trinajstić information content (AvgIpc) is 2.75. The molecule has 1 N–H and O–H groups in total. The van der Waals surface area contributed by atoms with Crippen molar-refractivity contribution in [2.75, 3.05) is 40.3 Å². The molecule has 1 aliphatic rings. The third-order valence-corrected chi connectivity index (χ3v) is 5.22. The Hall–Kier alpha value is -0.490. The lowest BCUT2D eigenvalue weighted by Crippen LogP contribution is -2.50. The van der Waals surface area contributed by atoms with E-state index in [1.54, 1.807) is 0 Å². The first-order valence-electron chi connectivity index (χ1n) is 7.64. The second-order valence-corrected chi connectivity index (χ2v) is 7.06. The summed E-state index contributed by atoms with van der Waals surface area (Å²) < 4.78 is 0. The van der Waals surface area contributed by atoms with Gasteiger partial charge in [-0.25, -0.2) is 4.98 Å². The molecule has 1 aromatic rings. The Kier molecular flexibility index (Phi) is 5.96. The number of hydrogen-bond acceptors (Lipinski definition) is 5. The monoisotopic (exact) mass is 296 g/mol. The van der Waals surface area contributed by atoms with Crippen molar-refractivity contribution in [2.45, 2.75) is 39.3 Å². The summed E-state index contributed by atoms with van der Waals surface area (Å²) in [6.07, 6.45) is 2.27. The Morgan fingerprint density at radius 2 is 2.15 bits per heavy atom. The smallest absolute Gasteiger partial charge is 0.0947 e. The summed E-state index contributed by atoms with van der Waals surface area (Å²) >= 11 is 1.89. The molecule has 2 rings (SSSR count). The SMILES string of the molecule is CCCNCc1sc(CC2CN(C)CCN2C)nc1C. The quantitative estimate of drug-likeness (QED) is 0.810. The molecule has 5 heteroatoms. The van der Waals surface area contributed by atoms with Crippen molar-refractivity contribution < 1.29 is 0 Å². The maximum absolute atomic E-state index is 4.78. The molecule has 2 heterocycles. The van der Waals surface area contributed by atoms with Crippen LogP contribution in [0.15, 0.2) is 0 Å². The van der Waals surface area contributed by atoms with Crippen LogP contribution < -0.4 is 5.32 Å². The highest BCUT2D eigenvalue weighted by molar-refractivity contribution is 7.11. The first-order valence-corrected chi connectivity index (χ1v) is 8.46. The summed E-state index contributed by atoms with van der Waals surface area (Å²) in [5.74, 6) is 0. The number of hydrogen-bond donors (Lipinski definition) is 1. The zero-order chi connectivity index (χ0) is 14.5. The molecule has 0 spiro atoms. The first-order chi connectivity index (χ1) is 9.60. The Bertz CT molecular complexity index is 418. The number of nitrogens with one attached hydrogen (secondary N) is 1. The summed E-state index contributed by atoms with van der Waals surface area (Å²) in [5.41, 5.74) is 1.21. The Balaban J connectivity index is 1.93. The molecule has 1 aliphatic heterocycles. The van der Waals surface area contributed by atoms with Gasteiger partial charge in [0.1, 0.15) is 0 Å². The minimum atomic E-state index is 0.607. The lowest BCUT2D eigenvalue weighted by Gasteiger charge is -2.37. The van der Waals surface area contributed by atoms with Crippen LogP contribution in [-0.4, -0.2) is 61.1 Å². The standard InChI is InChI=1S/C15H28N4S/c1-5-6-16-10-14-12(2)17-15(20-14)9-13-11-18(3)7-8-19(13)4/h13,16H,5-11H2,1-4H3. The van der Waals surface area contributed by atoms with Crippen LogP contribution in [0.2, 0.25) is 0 Å². The van der Waals surface area contributed by atoms with Gasteiger partial charge >= 0.3 is 0 Å². The van der Waals surface area contributed by atoms with Gasteiger partial charge in [0.05, 0.1) is 10.7 Å². The molecule has 0 saturated carbocycles. The summed E-state index contributed by atoms with van der Waals surface area (Å²) in [6, 6.07) is 0.607. The molecular formula is C15H28N4S. The van der Waals surface area contributed by atoms with Crippen molar-refractivity contribution in [3.8, 4) is 0 Å². The molecule has 1 atom stereocenters. The third-order valence-electron chi connectivity index (χ3n) is 4.04. The van der Waals surface area contributed by atoms with Gasteiger partial charge in [0.25, 0.3) is 0 Å². The van der Waals surface area contributed by atoms with Crippen LogP contribution in [-0.2, 0) is 13.0 Å². The number of nitrogens with zero attached hydrogens (tertiary/aromatic N) is 3. The Labute approximate surface area is 127 Å². The molecule has 0 aliphatic carbocycles. The van der Waals surface area contributed by atoms with Crippen molar-refractivity contribution in [1.82, 2.24) is 20.1 Å². The van der Waals surface area contributed by atoms with Crippen molar-refractivity contribution in [3.05, 3.63) is 15.6 Å². The number of aryl methyl sites for hydroxylation is 1.